The molecule has 0 aliphatic heterocycles. The molecule has 0 N–H and O–H groups in total. The van der Waals surface area contributed by atoms with E-state index in [1.165, 1.54) is 193 Å². The van der Waals surface area contributed by atoms with Crippen LogP contribution in [-0.4, -0.2) is 30.7 Å². The Morgan fingerprint density at radius 1 is 0.442 bits per heavy atom. The van der Waals surface area contributed by atoms with Gasteiger partial charge >= 0.3 is 6.09 Å². The summed E-state index contributed by atoms with van der Waals surface area (Å²) in [4.78, 5) is 14.5. The van der Waals surface area contributed by atoms with E-state index in [1.54, 1.807) is 6.08 Å². The Morgan fingerprint density at radius 3 is 0.907 bits per heavy atom. The summed E-state index contributed by atoms with van der Waals surface area (Å²) in [6.45, 7) is 10.3. The zero-order valence-corrected chi connectivity index (χ0v) is 29.8. The number of carbonyl (C=O) groups is 1. The Balaban J connectivity index is 3.66. The van der Waals surface area contributed by atoms with Gasteiger partial charge in [0.25, 0.3) is 0 Å². The van der Waals surface area contributed by atoms with Gasteiger partial charge in [0.1, 0.15) is 6.61 Å². The van der Waals surface area contributed by atoms with E-state index in [0.717, 1.165) is 25.9 Å². The van der Waals surface area contributed by atoms with Crippen molar-refractivity contribution in [3.8, 4) is 0 Å². The second kappa shape index (κ2) is 37.2. The summed E-state index contributed by atoms with van der Waals surface area (Å²) < 4.78 is 5.38. The van der Waals surface area contributed by atoms with Gasteiger partial charge in [-0.25, -0.2) is 4.79 Å². The Morgan fingerprint density at radius 2 is 0.674 bits per heavy atom. The van der Waals surface area contributed by atoms with Crippen LogP contribution < -0.4 is 0 Å². The summed E-state index contributed by atoms with van der Waals surface area (Å²) in [7, 11) is 0. The van der Waals surface area contributed by atoms with Gasteiger partial charge < -0.3 is 9.64 Å². The van der Waals surface area contributed by atoms with Crippen molar-refractivity contribution in [2.45, 2.75) is 219 Å². The van der Waals surface area contributed by atoms with Crippen molar-refractivity contribution in [1.82, 2.24) is 4.90 Å². The highest BCUT2D eigenvalue weighted by Crippen LogP contribution is 2.16. The number of unbranched alkanes of at least 4 members (excludes halogenated alkanes) is 30. The minimum absolute atomic E-state index is 0.151. The molecule has 3 nitrogen and oxygen atoms in total. The highest BCUT2D eigenvalue weighted by molar-refractivity contribution is 5.67. The van der Waals surface area contributed by atoms with Gasteiger partial charge in [-0.3, -0.25) is 0 Å². The normalized spacial score (nSPS) is 11.2. The topological polar surface area (TPSA) is 29.5 Å². The second-order valence-electron chi connectivity index (χ2n) is 13.5. The van der Waals surface area contributed by atoms with E-state index in [1.807, 2.05) is 4.90 Å². The van der Waals surface area contributed by atoms with Crippen molar-refractivity contribution in [3.63, 3.8) is 0 Å². The molecule has 0 aromatic rings. The van der Waals surface area contributed by atoms with Crippen LogP contribution in [0, 0.1) is 0 Å². The molecular weight excluding hydrogens is 526 g/mol. The maximum Gasteiger partial charge on any atom is 0.410 e. The Labute approximate surface area is 271 Å². The summed E-state index contributed by atoms with van der Waals surface area (Å²) in [6, 6.07) is 0. The van der Waals surface area contributed by atoms with Crippen LogP contribution in [0.15, 0.2) is 12.7 Å². The molecule has 0 heterocycles. The van der Waals surface area contributed by atoms with Gasteiger partial charge in [0.05, 0.1) is 0 Å². The zero-order valence-electron chi connectivity index (χ0n) is 29.8. The molecule has 43 heavy (non-hydrogen) atoms. The number of ether oxygens (including phenoxy) is 1. The number of amides is 1. The van der Waals surface area contributed by atoms with Gasteiger partial charge in [0.15, 0.2) is 0 Å². The lowest BCUT2D eigenvalue weighted by molar-refractivity contribution is 0.110. The van der Waals surface area contributed by atoms with E-state index in [-0.39, 0.29) is 6.09 Å². The van der Waals surface area contributed by atoms with Crippen LogP contribution in [0.2, 0.25) is 0 Å². The minimum Gasteiger partial charge on any atom is -0.445 e. The van der Waals surface area contributed by atoms with Crippen LogP contribution in [0.3, 0.4) is 0 Å². The first-order chi connectivity index (χ1) is 21.3. The third-order valence-electron chi connectivity index (χ3n) is 9.15. The van der Waals surface area contributed by atoms with Crippen molar-refractivity contribution < 1.29 is 9.53 Å². The highest BCUT2D eigenvalue weighted by Gasteiger charge is 2.13. The van der Waals surface area contributed by atoms with Crippen LogP contribution in [-0.2, 0) is 4.74 Å². The predicted octanol–water partition coefficient (Wildman–Crippen LogP) is 14.1. The highest BCUT2D eigenvalue weighted by atomic mass is 16.6. The first-order valence-corrected chi connectivity index (χ1v) is 19.8. The fourth-order valence-electron chi connectivity index (χ4n) is 6.22. The Kier molecular flexibility index (Phi) is 36.3. The molecule has 0 aromatic heterocycles. The molecule has 0 bridgehead atoms. The fourth-order valence-corrected chi connectivity index (χ4v) is 6.22. The second-order valence-corrected chi connectivity index (χ2v) is 13.5. The first kappa shape index (κ1) is 42.0. The summed E-state index contributed by atoms with van der Waals surface area (Å²) in [6.07, 6.45) is 45.5. The summed E-state index contributed by atoms with van der Waals surface area (Å²) in [5.74, 6) is 0. The smallest absolute Gasteiger partial charge is 0.410 e. The molecular formula is C40H79NO2. The average Bonchev–Trinajstić information content (AvgIpc) is 3.02. The molecule has 0 saturated carbocycles. The molecule has 0 fully saturated rings. The van der Waals surface area contributed by atoms with Gasteiger partial charge in [-0.2, -0.15) is 0 Å². The van der Waals surface area contributed by atoms with E-state index in [2.05, 4.69) is 20.4 Å². The molecule has 0 radical (unpaired) electrons. The third kappa shape index (κ3) is 33.7. The van der Waals surface area contributed by atoms with Crippen molar-refractivity contribution in [1.29, 1.82) is 0 Å². The fraction of sp³-hybridized carbons (Fsp3) is 0.925. The minimum atomic E-state index is -0.151. The van der Waals surface area contributed by atoms with E-state index < -0.39 is 0 Å². The van der Waals surface area contributed by atoms with Gasteiger partial charge in [-0.1, -0.05) is 219 Å². The number of rotatable bonds is 36. The molecule has 0 atom stereocenters. The predicted molar refractivity (Wildman–Crippen MR) is 192 cm³/mol. The van der Waals surface area contributed by atoms with Gasteiger partial charge in [-0.15, -0.1) is 0 Å². The van der Waals surface area contributed by atoms with Gasteiger partial charge in [0.2, 0.25) is 0 Å². The maximum absolute atomic E-state index is 12.5. The number of hydrogen-bond acceptors (Lipinski definition) is 2. The standard InChI is InChI=1S/C40H79NO2/c1-4-7-9-11-13-15-17-19-21-23-25-27-29-31-33-35-37-41(40(42)43-39-6-3)38-36-34-32-30-28-26-24-22-20-18-16-14-12-10-8-5-2/h6H,3-5,7-39H2,1-2H3. The van der Waals surface area contributed by atoms with E-state index >= 15 is 0 Å². The summed E-state index contributed by atoms with van der Waals surface area (Å²) in [5, 5.41) is 0. The van der Waals surface area contributed by atoms with Gasteiger partial charge in [0, 0.05) is 13.1 Å². The van der Waals surface area contributed by atoms with Crippen molar-refractivity contribution >= 4 is 6.09 Å². The van der Waals surface area contributed by atoms with E-state index in [0.29, 0.717) is 6.61 Å². The lowest BCUT2D eigenvalue weighted by Crippen LogP contribution is -2.33. The molecule has 256 valence electrons. The summed E-state index contributed by atoms with van der Waals surface area (Å²) >= 11 is 0. The molecule has 0 unspecified atom stereocenters. The van der Waals surface area contributed by atoms with Crippen LogP contribution in [0.1, 0.15) is 219 Å². The molecule has 0 aliphatic rings. The number of hydrogen-bond donors (Lipinski definition) is 0. The monoisotopic (exact) mass is 606 g/mol. The quantitative estimate of drug-likeness (QED) is 0.0525. The third-order valence-corrected chi connectivity index (χ3v) is 9.15. The van der Waals surface area contributed by atoms with Crippen LogP contribution in [0.25, 0.3) is 0 Å². The van der Waals surface area contributed by atoms with Crippen LogP contribution in [0.5, 0.6) is 0 Å². The van der Waals surface area contributed by atoms with Crippen molar-refractivity contribution in [2.24, 2.45) is 0 Å². The lowest BCUT2D eigenvalue weighted by Gasteiger charge is -2.22. The van der Waals surface area contributed by atoms with Gasteiger partial charge in [-0.05, 0) is 12.8 Å². The zero-order chi connectivity index (χ0) is 31.3. The average molecular weight is 606 g/mol. The lowest BCUT2D eigenvalue weighted by atomic mass is 10.0. The Bertz CT molecular complexity index is 513. The molecule has 0 rings (SSSR count). The molecule has 1 amide bonds. The molecule has 0 saturated heterocycles. The Hall–Kier alpha value is -0.990. The molecule has 3 heteroatoms. The van der Waals surface area contributed by atoms with Crippen molar-refractivity contribution in [2.75, 3.05) is 19.7 Å². The number of carbonyl (C=O) groups excluding carboxylic acids is 1. The van der Waals surface area contributed by atoms with Crippen LogP contribution >= 0.6 is 0 Å². The molecule has 0 spiro atoms. The largest absolute Gasteiger partial charge is 0.445 e. The summed E-state index contributed by atoms with van der Waals surface area (Å²) in [5.41, 5.74) is 0. The maximum atomic E-state index is 12.5. The molecule has 0 aromatic carbocycles. The SMILES string of the molecule is C=CCOC(=O)N(CCCCCCCCCCCCCCCCCC)CCCCCCCCCCCCCCCCCC. The van der Waals surface area contributed by atoms with E-state index in [4.69, 9.17) is 4.74 Å². The number of nitrogens with zero attached hydrogens (tertiary/aromatic N) is 1. The van der Waals surface area contributed by atoms with Crippen molar-refractivity contribution in [3.05, 3.63) is 12.7 Å². The van der Waals surface area contributed by atoms with Crippen LogP contribution in [0.4, 0.5) is 4.79 Å². The first-order valence-electron chi connectivity index (χ1n) is 19.8. The van der Waals surface area contributed by atoms with E-state index in [9.17, 15) is 4.79 Å². The molecule has 0 aliphatic carbocycles.